The Balaban J connectivity index is 1.47. The molecule has 0 bridgehead atoms. The number of nitrogens with zero attached hydrogens (tertiary/aromatic N) is 5. The van der Waals surface area contributed by atoms with Crippen LogP contribution in [0.25, 0.3) is 11.0 Å². The third-order valence-corrected chi connectivity index (χ3v) is 5.32. The Bertz CT molecular complexity index is 906. The molecule has 1 saturated heterocycles. The summed E-state index contributed by atoms with van der Waals surface area (Å²) < 4.78 is 0. The van der Waals surface area contributed by atoms with Crippen LogP contribution in [0.1, 0.15) is 18.5 Å². The zero-order valence-electron chi connectivity index (χ0n) is 15.1. The Morgan fingerprint density at radius 1 is 1.19 bits per heavy atom. The van der Waals surface area contributed by atoms with Crippen molar-refractivity contribution in [1.29, 1.82) is 0 Å². The van der Waals surface area contributed by atoms with Gasteiger partial charge in [-0.1, -0.05) is 6.07 Å². The maximum Gasteiger partial charge on any atom is 0.369 e. The van der Waals surface area contributed by atoms with Crippen LogP contribution < -0.4 is 5.32 Å². The van der Waals surface area contributed by atoms with Crippen molar-refractivity contribution < 1.29 is 9.90 Å². The van der Waals surface area contributed by atoms with Crippen molar-refractivity contribution >= 4 is 23.2 Å². The molecule has 4 rings (SSSR count). The van der Waals surface area contributed by atoms with Crippen molar-refractivity contribution in [3.05, 3.63) is 48.4 Å². The molecular weight excluding hydrogens is 344 g/mol. The summed E-state index contributed by atoms with van der Waals surface area (Å²) in [7, 11) is 0. The van der Waals surface area contributed by atoms with Crippen LogP contribution in [-0.2, 0) is 4.79 Å². The van der Waals surface area contributed by atoms with E-state index in [1.165, 1.54) is 11.8 Å². The number of hydrogen-bond acceptors (Lipinski definition) is 7. The first-order valence-corrected chi connectivity index (χ1v) is 9.01. The second kappa shape index (κ2) is 7.05. The minimum atomic E-state index is -1.40. The lowest BCUT2D eigenvalue weighted by Gasteiger charge is -2.44. The van der Waals surface area contributed by atoms with Gasteiger partial charge in [0.1, 0.15) is 0 Å². The van der Waals surface area contributed by atoms with Crippen molar-refractivity contribution in [2.75, 3.05) is 26.2 Å². The van der Waals surface area contributed by atoms with E-state index in [-0.39, 0.29) is 6.04 Å². The fourth-order valence-corrected chi connectivity index (χ4v) is 3.70. The van der Waals surface area contributed by atoms with Gasteiger partial charge in [-0.25, -0.2) is 14.7 Å². The van der Waals surface area contributed by atoms with Gasteiger partial charge in [-0.3, -0.25) is 14.9 Å². The lowest BCUT2D eigenvalue weighted by Crippen LogP contribution is -2.66. The number of nitrogens with one attached hydrogen (secondary N) is 1. The van der Waals surface area contributed by atoms with E-state index in [1.807, 2.05) is 11.0 Å². The van der Waals surface area contributed by atoms with E-state index in [0.29, 0.717) is 13.1 Å². The summed E-state index contributed by atoms with van der Waals surface area (Å²) in [5, 5.41) is 12.6. The van der Waals surface area contributed by atoms with E-state index in [4.69, 9.17) is 0 Å². The quantitative estimate of drug-likeness (QED) is 0.841. The highest BCUT2D eigenvalue weighted by Crippen LogP contribution is 2.26. The molecule has 2 aromatic rings. The number of aliphatic carboxylic acids is 1. The van der Waals surface area contributed by atoms with Gasteiger partial charge in [0, 0.05) is 57.0 Å². The molecule has 2 atom stereocenters. The number of rotatable bonds is 4. The minimum absolute atomic E-state index is 0.210. The average Bonchev–Trinajstić information content (AvgIpc) is 2.73. The van der Waals surface area contributed by atoms with Gasteiger partial charge in [-0.2, -0.15) is 0 Å². The summed E-state index contributed by atoms with van der Waals surface area (Å²) in [4.78, 5) is 29.0. The topological polar surface area (TPSA) is 94.0 Å². The largest absolute Gasteiger partial charge is 0.477 e. The van der Waals surface area contributed by atoms with Crippen molar-refractivity contribution in [2.24, 2.45) is 4.99 Å². The van der Waals surface area contributed by atoms with E-state index in [9.17, 15) is 9.90 Å². The highest BCUT2D eigenvalue weighted by Gasteiger charge is 2.45. The number of allylic oxidation sites excluding steroid dienone is 1. The van der Waals surface area contributed by atoms with Gasteiger partial charge >= 0.3 is 5.97 Å². The number of aliphatic imine (C=N–C) groups is 1. The Kier molecular flexibility index (Phi) is 4.59. The third-order valence-electron chi connectivity index (χ3n) is 5.32. The smallest absolute Gasteiger partial charge is 0.369 e. The highest BCUT2D eigenvalue weighted by molar-refractivity contribution is 5.84. The van der Waals surface area contributed by atoms with Gasteiger partial charge in [-0.15, -0.1) is 0 Å². The summed E-state index contributed by atoms with van der Waals surface area (Å²) in [6.07, 6.45) is 8.26. The second-order valence-electron chi connectivity index (χ2n) is 6.76. The first-order valence-electron chi connectivity index (χ1n) is 9.01. The molecule has 1 aromatic carbocycles. The van der Waals surface area contributed by atoms with Crippen LogP contribution in [0.15, 0.2) is 47.9 Å². The van der Waals surface area contributed by atoms with E-state index in [2.05, 4.69) is 44.2 Å². The summed E-state index contributed by atoms with van der Waals surface area (Å²) in [6.45, 7) is 4.91. The van der Waals surface area contributed by atoms with Crippen LogP contribution in [-0.4, -0.2) is 69.0 Å². The predicted octanol–water partition coefficient (Wildman–Crippen LogP) is 1.23. The molecule has 1 fully saturated rings. The molecule has 0 saturated carbocycles. The maximum atomic E-state index is 11.9. The van der Waals surface area contributed by atoms with Crippen LogP contribution in [0, 0.1) is 0 Å². The molecule has 0 amide bonds. The Hall–Kier alpha value is -2.84. The zero-order valence-corrected chi connectivity index (χ0v) is 15.1. The van der Waals surface area contributed by atoms with Gasteiger partial charge < -0.3 is 10.4 Å². The van der Waals surface area contributed by atoms with Crippen LogP contribution in [0.5, 0.6) is 0 Å². The first kappa shape index (κ1) is 17.6. The molecule has 3 heterocycles. The Morgan fingerprint density at radius 3 is 2.59 bits per heavy atom. The van der Waals surface area contributed by atoms with Gasteiger partial charge in [0.15, 0.2) is 0 Å². The number of hydrogen-bond donors (Lipinski definition) is 2. The number of carbonyl (C=O) groups is 1. The second-order valence-corrected chi connectivity index (χ2v) is 6.76. The number of carboxylic acid groups (broad SMARTS) is 1. The van der Waals surface area contributed by atoms with Crippen molar-refractivity contribution in [3.63, 3.8) is 0 Å². The number of fused-ring (bicyclic) bond motifs is 1. The highest BCUT2D eigenvalue weighted by atomic mass is 16.4. The molecule has 0 radical (unpaired) electrons. The third kappa shape index (κ3) is 3.17. The summed E-state index contributed by atoms with van der Waals surface area (Å²) in [5.74, 6) is -2.39. The fourth-order valence-electron chi connectivity index (χ4n) is 3.70. The summed E-state index contributed by atoms with van der Waals surface area (Å²) in [5.41, 5.74) is 2.95. The number of carboxylic acids is 1. The van der Waals surface area contributed by atoms with Gasteiger partial charge in [-0.05, 0) is 30.7 Å². The molecule has 8 heteroatoms. The molecule has 140 valence electrons. The standard InChI is InChI=1S/C19H22N6O2/c1-14(15-3-4-16-17(13-15)21-8-7-20-16)24-9-11-25(12-10-24)19(18(26)27)22-5-2-6-23-19/h2-8,13-14,22H,9-12H2,1H3,(H,26,27). The zero-order chi connectivity index (χ0) is 18.9. The lowest BCUT2D eigenvalue weighted by molar-refractivity contribution is -0.154. The van der Waals surface area contributed by atoms with Crippen molar-refractivity contribution in [3.8, 4) is 0 Å². The normalized spacial score (nSPS) is 24.6. The van der Waals surface area contributed by atoms with Gasteiger partial charge in [0.05, 0.1) is 11.0 Å². The van der Waals surface area contributed by atoms with Crippen LogP contribution in [0.4, 0.5) is 0 Å². The number of benzene rings is 1. The van der Waals surface area contributed by atoms with Crippen molar-refractivity contribution in [1.82, 2.24) is 25.1 Å². The van der Waals surface area contributed by atoms with Crippen LogP contribution >= 0.6 is 0 Å². The number of piperazine rings is 1. The molecule has 2 N–H and O–H groups in total. The molecule has 2 unspecified atom stereocenters. The molecule has 0 aliphatic carbocycles. The van der Waals surface area contributed by atoms with E-state index >= 15 is 0 Å². The predicted molar refractivity (Wildman–Crippen MR) is 102 cm³/mol. The lowest BCUT2D eigenvalue weighted by atomic mass is 10.0. The van der Waals surface area contributed by atoms with E-state index in [0.717, 1.165) is 24.1 Å². The maximum absolute atomic E-state index is 11.9. The van der Waals surface area contributed by atoms with Crippen LogP contribution in [0.3, 0.4) is 0 Å². The molecule has 8 nitrogen and oxygen atoms in total. The monoisotopic (exact) mass is 366 g/mol. The van der Waals surface area contributed by atoms with E-state index < -0.39 is 11.8 Å². The molecule has 2 aliphatic rings. The minimum Gasteiger partial charge on any atom is -0.477 e. The molecule has 0 spiro atoms. The molecular formula is C19H22N6O2. The SMILES string of the molecule is CC(c1ccc2nccnc2c1)N1CCN(C2(C(=O)O)N=CC=CN2)CC1. The number of aromatic nitrogens is 2. The summed E-state index contributed by atoms with van der Waals surface area (Å²) >= 11 is 0. The van der Waals surface area contributed by atoms with Crippen molar-refractivity contribution in [2.45, 2.75) is 18.8 Å². The summed E-state index contributed by atoms with van der Waals surface area (Å²) in [6, 6.07) is 6.37. The van der Waals surface area contributed by atoms with Crippen LogP contribution in [0.2, 0.25) is 0 Å². The molecule has 27 heavy (non-hydrogen) atoms. The Morgan fingerprint density at radius 2 is 1.93 bits per heavy atom. The van der Waals surface area contributed by atoms with Gasteiger partial charge in [0.2, 0.25) is 0 Å². The van der Waals surface area contributed by atoms with E-state index in [1.54, 1.807) is 24.7 Å². The molecule has 2 aliphatic heterocycles. The fraction of sp³-hybridized carbons (Fsp3) is 0.368. The van der Waals surface area contributed by atoms with Gasteiger partial charge in [0.25, 0.3) is 5.79 Å². The average molecular weight is 366 g/mol. The molecule has 1 aromatic heterocycles. The first-order chi connectivity index (χ1) is 13.1. The Labute approximate surface area is 157 Å².